The van der Waals surface area contributed by atoms with Crippen LogP contribution in [0.2, 0.25) is 5.02 Å². The molecule has 0 saturated carbocycles. The molecule has 3 aromatic rings. The monoisotopic (exact) mass is 360 g/mol. The van der Waals surface area contributed by atoms with Crippen molar-refractivity contribution >= 4 is 34.0 Å². The van der Waals surface area contributed by atoms with Crippen molar-refractivity contribution in [2.45, 2.75) is 0 Å². The smallest absolute Gasteiger partial charge is 0.257 e. The third-order valence-corrected chi connectivity index (χ3v) is 4.32. The van der Waals surface area contributed by atoms with E-state index in [0.717, 1.165) is 11.3 Å². The average Bonchev–Trinajstić information content (AvgIpc) is 3.04. The normalized spacial score (nSPS) is 10.4. The van der Waals surface area contributed by atoms with E-state index in [1.165, 1.54) is 36.6 Å². The number of nitrogens with one attached hydrogen (secondary N) is 1. The van der Waals surface area contributed by atoms with Crippen molar-refractivity contribution in [1.29, 1.82) is 0 Å². The molecule has 0 bridgehead atoms. The number of methoxy groups -OCH3 is 1. The van der Waals surface area contributed by atoms with E-state index in [1.807, 2.05) is 17.5 Å². The van der Waals surface area contributed by atoms with Crippen molar-refractivity contribution in [2.75, 3.05) is 12.4 Å². The molecule has 3 rings (SSSR count). The van der Waals surface area contributed by atoms with E-state index in [0.29, 0.717) is 15.7 Å². The number of phenolic OH excluding ortho intramolecular Hbond substituents is 1. The van der Waals surface area contributed by atoms with Gasteiger partial charge in [-0.3, -0.25) is 10.1 Å². The quantitative estimate of drug-likeness (QED) is 0.722. The number of rotatable bonds is 4. The maximum atomic E-state index is 12.3. The minimum atomic E-state index is -0.328. The lowest BCUT2D eigenvalue weighted by Crippen LogP contribution is -2.11. The maximum absolute atomic E-state index is 12.3. The molecule has 122 valence electrons. The number of hydrogen-bond donors (Lipinski definition) is 2. The first-order valence-electron chi connectivity index (χ1n) is 6.96. The molecule has 0 atom stereocenters. The first kappa shape index (κ1) is 16.3. The summed E-state index contributed by atoms with van der Waals surface area (Å²) < 4.78 is 5.00. The van der Waals surface area contributed by atoms with E-state index in [2.05, 4.69) is 10.3 Å². The van der Waals surface area contributed by atoms with E-state index >= 15 is 0 Å². The van der Waals surface area contributed by atoms with Crippen molar-refractivity contribution in [3.63, 3.8) is 0 Å². The Balaban J connectivity index is 1.77. The second-order valence-corrected chi connectivity index (χ2v) is 6.18. The van der Waals surface area contributed by atoms with Crippen LogP contribution in [-0.2, 0) is 0 Å². The largest absolute Gasteiger partial charge is 0.504 e. The van der Waals surface area contributed by atoms with Gasteiger partial charge in [-0.15, -0.1) is 11.3 Å². The van der Waals surface area contributed by atoms with Crippen molar-refractivity contribution < 1.29 is 14.6 Å². The van der Waals surface area contributed by atoms with Gasteiger partial charge in [0.05, 0.1) is 12.8 Å². The summed E-state index contributed by atoms with van der Waals surface area (Å²) in [7, 11) is 1.43. The van der Waals surface area contributed by atoms with Crippen molar-refractivity contribution in [1.82, 2.24) is 4.98 Å². The Morgan fingerprint density at radius 1 is 1.25 bits per heavy atom. The lowest BCUT2D eigenvalue weighted by molar-refractivity contribution is 0.102. The summed E-state index contributed by atoms with van der Waals surface area (Å²) >= 11 is 7.20. The Morgan fingerprint density at radius 2 is 2.00 bits per heavy atom. The predicted octanol–water partition coefficient (Wildman–Crippen LogP) is 4.43. The first-order chi connectivity index (χ1) is 11.6. The molecule has 0 aliphatic heterocycles. The highest BCUT2D eigenvalue weighted by molar-refractivity contribution is 7.14. The van der Waals surface area contributed by atoms with Crippen LogP contribution in [0.15, 0.2) is 47.8 Å². The van der Waals surface area contributed by atoms with Crippen LogP contribution in [0, 0.1) is 0 Å². The third kappa shape index (κ3) is 3.50. The van der Waals surface area contributed by atoms with Crippen molar-refractivity contribution in [2.24, 2.45) is 0 Å². The molecule has 0 unspecified atom stereocenters. The molecule has 0 aliphatic carbocycles. The minimum Gasteiger partial charge on any atom is -0.504 e. The van der Waals surface area contributed by atoms with Crippen LogP contribution in [0.4, 0.5) is 5.13 Å². The Hall–Kier alpha value is -2.57. The molecule has 0 radical (unpaired) electrons. The van der Waals surface area contributed by atoms with Crippen molar-refractivity contribution in [3.8, 4) is 22.8 Å². The molecular formula is C17H13ClN2O3S. The zero-order chi connectivity index (χ0) is 17.1. The second kappa shape index (κ2) is 6.90. The summed E-state index contributed by atoms with van der Waals surface area (Å²) in [5.74, 6) is -0.109. The van der Waals surface area contributed by atoms with Gasteiger partial charge in [0, 0.05) is 21.5 Å². The summed E-state index contributed by atoms with van der Waals surface area (Å²) in [5, 5.41) is 15.3. The summed E-state index contributed by atoms with van der Waals surface area (Å²) in [5.41, 5.74) is 2.05. The van der Waals surface area contributed by atoms with E-state index < -0.39 is 0 Å². The van der Waals surface area contributed by atoms with Crippen LogP contribution in [0.1, 0.15) is 10.4 Å². The zero-order valence-electron chi connectivity index (χ0n) is 12.6. The molecule has 1 amide bonds. The highest BCUT2D eigenvalue weighted by Gasteiger charge is 2.12. The number of phenols is 1. The fourth-order valence-corrected chi connectivity index (χ4v) is 2.91. The Morgan fingerprint density at radius 3 is 2.71 bits per heavy atom. The van der Waals surface area contributed by atoms with Gasteiger partial charge in [0.1, 0.15) is 0 Å². The summed E-state index contributed by atoms with van der Waals surface area (Å²) in [6.07, 6.45) is 0. The highest BCUT2D eigenvalue weighted by atomic mass is 35.5. The first-order valence-corrected chi connectivity index (χ1v) is 8.22. The van der Waals surface area contributed by atoms with Gasteiger partial charge in [0.25, 0.3) is 5.91 Å². The zero-order valence-corrected chi connectivity index (χ0v) is 14.2. The van der Waals surface area contributed by atoms with Crippen LogP contribution >= 0.6 is 22.9 Å². The molecule has 0 aliphatic rings. The number of hydrogen-bond acceptors (Lipinski definition) is 5. The fourth-order valence-electron chi connectivity index (χ4n) is 2.07. The maximum Gasteiger partial charge on any atom is 0.257 e. The van der Waals surface area contributed by atoms with Gasteiger partial charge in [-0.25, -0.2) is 4.98 Å². The molecule has 1 heterocycles. The van der Waals surface area contributed by atoms with Gasteiger partial charge < -0.3 is 9.84 Å². The lowest BCUT2D eigenvalue weighted by atomic mass is 10.2. The van der Waals surface area contributed by atoms with Crippen LogP contribution < -0.4 is 10.1 Å². The summed E-state index contributed by atoms with van der Waals surface area (Å²) in [6.45, 7) is 0. The van der Waals surface area contributed by atoms with Crippen LogP contribution in [-0.4, -0.2) is 23.1 Å². The molecule has 0 spiro atoms. The molecule has 5 nitrogen and oxygen atoms in total. The van der Waals surface area contributed by atoms with E-state index in [-0.39, 0.29) is 17.4 Å². The van der Waals surface area contributed by atoms with Crippen molar-refractivity contribution in [3.05, 3.63) is 58.4 Å². The average molecular weight is 361 g/mol. The molecular weight excluding hydrogens is 348 g/mol. The Kier molecular flexibility index (Phi) is 4.69. The highest BCUT2D eigenvalue weighted by Crippen LogP contribution is 2.28. The lowest BCUT2D eigenvalue weighted by Gasteiger charge is -2.06. The van der Waals surface area contributed by atoms with Crippen LogP contribution in [0.3, 0.4) is 0 Å². The van der Waals surface area contributed by atoms with E-state index in [1.54, 1.807) is 12.1 Å². The summed E-state index contributed by atoms with van der Waals surface area (Å²) in [6, 6.07) is 11.7. The second-order valence-electron chi connectivity index (χ2n) is 4.89. The Labute approximate surface area is 147 Å². The number of nitrogens with zero attached hydrogens (tertiary/aromatic N) is 1. The number of thiazole rings is 1. The SMILES string of the molecule is COc1cc(C(=O)Nc2nc(-c3ccc(Cl)cc3)cs2)ccc1O. The van der Waals surface area contributed by atoms with Crippen LogP contribution in [0.5, 0.6) is 11.5 Å². The number of benzene rings is 2. The van der Waals surface area contributed by atoms with E-state index in [9.17, 15) is 9.90 Å². The third-order valence-electron chi connectivity index (χ3n) is 3.31. The molecule has 1 aromatic heterocycles. The number of aromatic hydroxyl groups is 1. The summed E-state index contributed by atoms with van der Waals surface area (Å²) in [4.78, 5) is 16.7. The van der Waals surface area contributed by atoms with Gasteiger partial charge >= 0.3 is 0 Å². The fraction of sp³-hybridized carbons (Fsp3) is 0.0588. The number of halogens is 1. The van der Waals surface area contributed by atoms with Gasteiger partial charge in [-0.2, -0.15) is 0 Å². The van der Waals surface area contributed by atoms with Crippen LogP contribution in [0.25, 0.3) is 11.3 Å². The number of amides is 1. The number of carbonyl (C=O) groups excluding carboxylic acids is 1. The molecule has 0 saturated heterocycles. The topological polar surface area (TPSA) is 71.5 Å². The molecule has 2 N–H and O–H groups in total. The number of anilines is 1. The molecule has 24 heavy (non-hydrogen) atoms. The van der Waals surface area contributed by atoms with Gasteiger partial charge in [0.15, 0.2) is 16.6 Å². The predicted molar refractivity (Wildman–Crippen MR) is 95.2 cm³/mol. The molecule has 2 aromatic carbocycles. The number of ether oxygens (including phenoxy) is 1. The molecule has 7 heteroatoms. The minimum absolute atomic E-state index is 0.0201. The standard InChI is InChI=1S/C17H13ClN2O3S/c1-23-15-8-11(4-7-14(15)21)16(22)20-17-19-13(9-24-17)10-2-5-12(18)6-3-10/h2-9,21H,1H3,(H,19,20,22). The van der Waals surface area contributed by atoms with E-state index in [4.69, 9.17) is 16.3 Å². The van der Waals surface area contributed by atoms with Gasteiger partial charge in [0.2, 0.25) is 0 Å². The molecule has 0 fully saturated rings. The Bertz CT molecular complexity index is 878. The number of carbonyl (C=O) groups is 1. The van der Waals surface area contributed by atoms with Gasteiger partial charge in [-0.1, -0.05) is 23.7 Å². The van der Waals surface area contributed by atoms with Gasteiger partial charge in [-0.05, 0) is 30.3 Å². The number of aromatic nitrogens is 1.